The highest BCUT2D eigenvalue weighted by molar-refractivity contribution is 5.20. The third kappa shape index (κ3) is 2.40. The molecule has 0 unspecified atom stereocenters. The summed E-state index contributed by atoms with van der Waals surface area (Å²) in [6, 6.07) is 2.22. The van der Waals surface area contributed by atoms with Crippen LogP contribution in [0.5, 0.6) is 0 Å². The standard InChI is InChI=1S/C14H20N4/c15-9-7-13-14(12-3-1-2-4-12)18(17-16-13)10-8-11-5-6-11/h11-12H,1-8,10H2. The van der Waals surface area contributed by atoms with Crippen molar-refractivity contribution in [1.29, 1.82) is 5.26 Å². The van der Waals surface area contributed by atoms with E-state index in [2.05, 4.69) is 21.1 Å². The molecule has 3 rings (SSSR count). The second-order valence-corrected chi connectivity index (χ2v) is 5.69. The fourth-order valence-electron chi connectivity index (χ4n) is 3.08. The van der Waals surface area contributed by atoms with E-state index in [0.29, 0.717) is 12.3 Å². The van der Waals surface area contributed by atoms with Gasteiger partial charge < -0.3 is 0 Å². The minimum absolute atomic E-state index is 0.412. The quantitative estimate of drug-likeness (QED) is 0.800. The van der Waals surface area contributed by atoms with Gasteiger partial charge in [0.15, 0.2) is 0 Å². The third-order valence-corrected chi connectivity index (χ3v) is 4.28. The van der Waals surface area contributed by atoms with Gasteiger partial charge in [-0.3, -0.25) is 0 Å². The average molecular weight is 244 g/mol. The molecule has 96 valence electrons. The molecule has 2 saturated carbocycles. The van der Waals surface area contributed by atoms with Crippen LogP contribution in [0.25, 0.3) is 0 Å². The summed E-state index contributed by atoms with van der Waals surface area (Å²) in [6.45, 7) is 0.995. The fraction of sp³-hybridized carbons (Fsp3) is 0.786. The van der Waals surface area contributed by atoms with Crippen LogP contribution in [-0.4, -0.2) is 15.0 Å². The summed E-state index contributed by atoms with van der Waals surface area (Å²) in [6.07, 6.45) is 9.53. The monoisotopic (exact) mass is 244 g/mol. The first-order chi connectivity index (χ1) is 8.88. The number of aromatic nitrogens is 3. The molecule has 0 bridgehead atoms. The molecule has 18 heavy (non-hydrogen) atoms. The van der Waals surface area contributed by atoms with Gasteiger partial charge in [-0.2, -0.15) is 5.26 Å². The van der Waals surface area contributed by atoms with Gasteiger partial charge in [-0.05, 0) is 25.2 Å². The van der Waals surface area contributed by atoms with E-state index in [1.807, 2.05) is 0 Å². The van der Waals surface area contributed by atoms with Crippen LogP contribution in [0.2, 0.25) is 0 Å². The molecule has 2 aliphatic carbocycles. The molecule has 0 atom stereocenters. The Morgan fingerprint density at radius 1 is 1.22 bits per heavy atom. The van der Waals surface area contributed by atoms with Crippen LogP contribution >= 0.6 is 0 Å². The van der Waals surface area contributed by atoms with Gasteiger partial charge in [0, 0.05) is 12.5 Å². The summed E-state index contributed by atoms with van der Waals surface area (Å²) in [4.78, 5) is 0. The third-order valence-electron chi connectivity index (χ3n) is 4.28. The van der Waals surface area contributed by atoms with E-state index in [1.54, 1.807) is 0 Å². The predicted octanol–water partition coefficient (Wildman–Crippen LogP) is 2.80. The maximum absolute atomic E-state index is 8.90. The van der Waals surface area contributed by atoms with E-state index in [9.17, 15) is 0 Å². The second-order valence-electron chi connectivity index (χ2n) is 5.69. The lowest BCUT2D eigenvalue weighted by Crippen LogP contribution is -2.10. The molecule has 4 heteroatoms. The lowest BCUT2D eigenvalue weighted by atomic mass is 10.0. The average Bonchev–Trinajstić information content (AvgIpc) is 2.89. The first-order valence-corrected chi connectivity index (χ1v) is 7.17. The molecule has 4 nitrogen and oxygen atoms in total. The van der Waals surface area contributed by atoms with E-state index in [-0.39, 0.29) is 0 Å². The van der Waals surface area contributed by atoms with Crippen LogP contribution in [0.3, 0.4) is 0 Å². The number of nitrogens with zero attached hydrogens (tertiary/aromatic N) is 4. The Kier molecular flexibility index (Phi) is 3.31. The molecule has 2 fully saturated rings. The zero-order valence-corrected chi connectivity index (χ0v) is 10.8. The molecule has 1 aromatic rings. The number of hydrogen-bond acceptors (Lipinski definition) is 3. The van der Waals surface area contributed by atoms with Gasteiger partial charge in [0.25, 0.3) is 0 Å². The van der Waals surface area contributed by atoms with E-state index in [4.69, 9.17) is 5.26 Å². The van der Waals surface area contributed by atoms with Crippen molar-refractivity contribution >= 4 is 0 Å². The van der Waals surface area contributed by atoms with Crippen molar-refractivity contribution in [2.24, 2.45) is 5.92 Å². The smallest absolute Gasteiger partial charge is 0.100 e. The van der Waals surface area contributed by atoms with Crippen LogP contribution < -0.4 is 0 Å². The van der Waals surface area contributed by atoms with Crippen LogP contribution in [0.4, 0.5) is 0 Å². The first kappa shape index (κ1) is 11.7. The minimum Gasteiger partial charge on any atom is -0.249 e. The molecule has 1 aromatic heterocycles. The molecule has 0 aliphatic heterocycles. The summed E-state index contributed by atoms with van der Waals surface area (Å²) in [5.74, 6) is 1.52. The topological polar surface area (TPSA) is 54.5 Å². The van der Waals surface area contributed by atoms with E-state index < -0.39 is 0 Å². The SMILES string of the molecule is N#CCc1nnn(CCC2CC2)c1C1CCCC1. The van der Waals surface area contributed by atoms with Gasteiger partial charge in [0.1, 0.15) is 5.69 Å². The summed E-state index contributed by atoms with van der Waals surface area (Å²) in [7, 11) is 0. The maximum Gasteiger partial charge on any atom is 0.100 e. The van der Waals surface area contributed by atoms with Gasteiger partial charge in [-0.1, -0.05) is 30.9 Å². The number of nitriles is 1. The minimum atomic E-state index is 0.412. The molecule has 0 saturated heterocycles. The molecular formula is C14H20N4. The number of hydrogen-bond donors (Lipinski definition) is 0. The molecule has 1 heterocycles. The Labute approximate surface area is 108 Å². The summed E-state index contributed by atoms with van der Waals surface area (Å²) in [5.41, 5.74) is 2.20. The fourth-order valence-corrected chi connectivity index (χ4v) is 3.08. The second kappa shape index (κ2) is 5.09. The lowest BCUT2D eigenvalue weighted by Gasteiger charge is -2.13. The first-order valence-electron chi connectivity index (χ1n) is 7.17. The molecule has 0 N–H and O–H groups in total. The summed E-state index contributed by atoms with van der Waals surface area (Å²) < 4.78 is 2.10. The van der Waals surface area contributed by atoms with Gasteiger partial charge in [-0.15, -0.1) is 5.10 Å². The Balaban J connectivity index is 1.79. The van der Waals surface area contributed by atoms with Crippen molar-refractivity contribution in [3.63, 3.8) is 0 Å². The molecule has 0 radical (unpaired) electrons. The molecule has 0 amide bonds. The van der Waals surface area contributed by atoms with Gasteiger partial charge in [-0.25, -0.2) is 4.68 Å². The van der Waals surface area contributed by atoms with Crippen molar-refractivity contribution in [3.8, 4) is 6.07 Å². The molecule has 0 spiro atoms. The van der Waals surface area contributed by atoms with Crippen molar-refractivity contribution in [2.45, 2.75) is 63.8 Å². The normalized spacial score (nSPS) is 20.2. The Bertz CT molecular complexity index is 447. The molecular weight excluding hydrogens is 224 g/mol. The Hall–Kier alpha value is -1.37. The van der Waals surface area contributed by atoms with Crippen LogP contribution in [0.1, 0.15) is 62.3 Å². The zero-order chi connectivity index (χ0) is 12.4. The van der Waals surface area contributed by atoms with Crippen molar-refractivity contribution in [2.75, 3.05) is 0 Å². The van der Waals surface area contributed by atoms with Gasteiger partial charge in [0.05, 0.1) is 18.2 Å². The number of rotatable bonds is 5. The van der Waals surface area contributed by atoms with E-state index in [0.717, 1.165) is 18.2 Å². The Morgan fingerprint density at radius 3 is 2.67 bits per heavy atom. The van der Waals surface area contributed by atoms with Gasteiger partial charge >= 0.3 is 0 Å². The summed E-state index contributed by atoms with van der Waals surface area (Å²) >= 11 is 0. The highest BCUT2D eigenvalue weighted by Gasteiger charge is 2.27. The number of aryl methyl sites for hydroxylation is 1. The van der Waals surface area contributed by atoms with Crippen LogP contribution in [0.15, 0.2) is 0 Å². The van der Waals surface area contributed by atoms with Crippen molar-refractivity contribution in [1.82, 2.24) is 15.0 Å². The highest BCUT2D eigenvalue weighted by Crippen LogP contribution is 2.37. The lowest BCUT2D eigenvalue weighted by molar-refractivity contribution is 0.493. The zero-order valence-electron chi connectivity index (χ0n) is 10.8. The van der Waals surface area contributed by atoms with Gasteiger partial charge in [0.2, 0.25) is 0 Å². The van der Waals surface area contributed by atoms with Crippen LogP contribution in [-0.2, 0) is 13.0 Å². The van der Waals surface area contributed by atoms with E-state index in [1.165, 1.54) is 50.6 Å². The van der Waals surface area contributed by atoms with Crippen LogP contribution in [0, 0.1) is 17.2 Å². The maximum atomic E-state index is 8.90. The predicted molar refractivity (Wildman–Crippen MR) is 67.9 cm³/mol. The van der Waals surface area contributed by atoms with Crippen molar-refractivity contribution in [3.05, 3.63) is 11.4 Å². The largest absolute Gasteiger partial charge is 0.249 e. The van der Waals surface area contributed by atoms with Crippen molar-refractivity contribution < 1.29 is 0 Å². The summed E-state index contributed by atoms with van der Waals surface area (Å²) in [5, 5.41) is 17.4. The Morgan fingerprint density at radius 2 is 2.00 bits per heavy atom. The molecule has 0 aromatic carbocycles. The highest BCUT2D eigenvalue weighted by atomic mass is 15.4. The molecule has 2 aliphatic rings. The van der Waals surface area contributed by atoms with E-state index >= 15 is 0 Å².